The topological polar surface area (TPSA) is 65.4 Å². The maximum atomic E-state index is 12.1. The summed E-state index contributed by atoms with van der Waals surface area (Å²) in [5.74, 6) is 1.45. The predicted octanol–water partition coefficient (Wildman–Crippen LogP) is 4.31. The summed E-state index contributed by atoms with van der Waals surface area (Å²) in [6.45, 7) is 5.75. The summed E-state index contributed by atoms with van der Waals surface area (Å²) >= 11 is 0. The van der Waals surface area contributed by atoms with E-state index in [2.05, 4.69) is 10.4 Å². The Morgan fingerprint density at radius 3 is 2.77 bits per heavy atom. The van der Waals surface area contributed by atoms with E-state index in [4.69, 9.17) is 9.47 Å². The van der Waals surface area contributed by atoms with Crippen LogP contribution in [0, 0.1) is 13.8 Å². The standard InChI is InChI=1S/C25H29N3O3/c1-19-6-4-7-23(16-19)31-18-22-17-21(8-10-24(22)30-3)9-11-25(29)26-13-5-14-28-15-12-20(2)27-28/h4,6-12,15-17H,5,13-14,18H2,1-3H3,(H,26,29)/b11-9+. The predicted molar refractivity (Wildman–Crippen MR) is 122 cm³/mol. The smallest absolute Gasteiger partial charge is 0.244 e. The van der Waals surface area contributed by atoms with E-state index in [0.717, 1.165) is 46.8 Å². The number of ether oxygens (including phenoxy) is 2. The fraction of sp³-hybridized carbons (Fsp3) is 0.280. The van der Waals surface area contributed by atoms with Crippen LogP contribution in [0.2, 0.25) is 0 Å². The fourth-order valence-corrected chi connectivity index (χ4v) is 3.15. The molecule has 0 unspecified atom stereocenters. The molecular formula is C25H29N3O3. The molecular weight excluding hydrogens is 390 g/mol. The molecule has 0 aliphatic rings. The van der Waals surface area contributed by atoms with E-state index >= 15 is 0 Å². The molecule has 1 amide bonds. The number of nitrogens with one attached hydrogen (secondary N) is 1. The van der Waals surface area contributed by atoms with Crippen LogP contribution in [0.25, 0.3) is 6.08 Å². The van der Waals surface area contributed by atoms with Crippen LogP contribution in [-0.2, 0) is 17.9 Å². The normalized spacial score (nSPS) is 10.9. The van der Waals surface area contributed by atoms with Gasteiger partial charge >= 0.3 is 0 Å². The molecule has 2 aromatic carbocycles. The minimum absolute atomic E-state index is 0.120. The third-order valence-electron chi connectivity index (χ3n) is 4.75. The van der Waals surface area contributed by atoms with Crippen molar-refractivity contribution in [3.05, 3.63) is 83.2 Å². The quantitative estimate of drug-likeness (QED) is 0.393. The van der Waals surface area contributed by atoms with Gasteiger partial charge in [-0.1, -0.05) is 18.2 Å². The second kappa shape index (κ2) is 11.0. The summed E-state index contributed by atoms with van der Waals surface area (Å²) in [7, 11) is 1.64. The van der Waals surface area contributed by atoms with E-state index in [9.17, 15) is 4.79 Å². The molecule has 6 heteroatoms. The average molecular weight is 420 g/mol. The molecule has 0 fully saturated rings. The Morgan fingerprint density at radius 1 is 1.16 bits per heavy atom. The molecule has 0 radical (unpaired) electrons. The Hall–Kier alpha value is -3.54. The molecule has 6 nitrogen and oxygen atoms in total. The Balaban J connectivity index is 1.52. The number of benzene rings is 2. The van der Waals surface area contributed by atoms with E-state index in [1.807, 2.05) is 73.3 Å². The molecule has 0 aliphatic carbocycles. The highest BCUT2D eigenvalue weighted by atomic mass is 16.5. The lowest BCUT2D eigenvalue weighted by atomic mass is 10.1. The summed E-state index contributed by atoms with van der Waals surface area (Å²) in [6, 6.07) is 15.7. The number of carbonyl (C=O) groups excluding carboxylic acids is 1. The van der Waals surface area contributed by atoms with Gasteiger partial charge in [-0.15, -0.1) is 0 Å². The maximum absolute atomic E-state index is 12.1. The molecule has 31 heavy (non-hydrogen) atoms. The monoisotopic (exact) mass is 419 g/mol. The first-order valence-corrected chi connectivity index (χ1v) is 10.4. The number of aromatic nitrogens is 2. The number of hydrogen-bond donors (Lipinski definition) is 1. The molecule has 0 bridgehead atoms. The minimum Gasteiger partial charge on any atom is -0.496 e. The van der Waals surface area contributed by atoms with Crippen LogP contribution in [0.1, 0.15) is 28.8 Å². The second-order valence-corrected chi connectivity index (χ2v) is 7.37. The highest BCUT2D eigenvalue weighted by Gasteiger charge is 2.06. The molecule has 3 rings (SSSR count). The van der Waals surface area contributed by atoms with Gasteiger partial charge in [-0.3, -0.25) is 9.48 Å². The highest BCUT2D eigenvalue weighted by Crippen LogP contribution is 2.23. The van der Waals surface area contributed by atoms with Crippen molar-refractivity contribution in [2.75, 3.05) is 13.7 Å². The molecule has 1 heterocycles. The number of nitrogens with zero attached hydrogens (tertiary/aromatic N) is 2. The number of methoxy groups -OCH3 is 1. The van der Waals surface area contributed by atoms with Crippen LogP contribution < -0.4 is 14.8 Å². The number of aryl methyl sites for hydroxylation is 3. The SMILES string of the molecule is COc1ccc(/C=C/C(=O)NCCCn2ccc(C)n2)cc1COc1cccc(C)c1. The lowest BCUT2D eigenvalue weighted by Gasteiger charge is -2.11. The maximum Gasteiger partial charge on any atom is 0.244 e. The molecule has 3 aromatic rings. The van der Waals surface area contributed by atoms with Crippen LogP contribution >= 0.6 is 0 Å². The zero-order valence-electron chi connectivity index (χ0n) is 18.3. The van der Waals surface area contributed by atoms with Crippen molar-refractivity contribution in [2.45, 2.75) is 33.4 Å². The highest BCUT2D eigenvalue weighted by molar-refractivity contribution is 5.91. The van der Waals surface area contributed by atoms with Crippen molar-refractivity contribution < 1.29 is 14.3 Å². The number of amides is 1. The third kappa shape index (κ3) is 7.03. The van der Waals surface area contributed by atoms with Crippen molar-refractivity contribution in [1.29, 1.82) is 0 Å². The first-order valence-electron chi connectivity index (χ1n) is 10.4. The molecule has 0 atom stereocenters. The Labute approximate surface area is 183 Å². The zero-order valence-corrected chi connectivity index (χ0v) is 18.3. The van der Waals surface area contributed by atoms with E-state index in [0.29, 0.717) is 13.2 Å². The summed E-state index contributed by atoms with van der Waals surface area (Å²) in [6.07, 6.45) is 6.11. The summed E-state index contributed by atoms with van der Waals surface area (Å²) < 4.78 is 13.2. The van der Waals surface area contributed by atoms with Gasteiger partial charge in [0.15, 0.2) is 0 Å². The number of rotatable bonds is 10. The largest absolute Gasteiger partial charge is 0.496 e. The molecule has 162 valence electrons. The van der Waals surface area contributed by atoms with Crippen molar-refractivity contribution >= 4 is 12.0 Å². The van der Waals surface area contributed by atoms with Crippen LogP contribution in [0.5, 0.6) is 11.5 Å². The minimum atomic E-state index is -0.120. The summed E-state index contributed by atoms with van der Waals surface area (Å²) in [5.41, 5.74) is 3.97. The Bertz CT molecular complexity index is 1040. The van der Waals surface area contributed by atoms with Gasteiger partial charge in [0.1, 0.15) is 18.1 Å². The van der Waals surface area contributed by atoms with Gasteiger partial charge in [0.2, 0.25) is 5.91 Å². The summed E-state index contributed by atoms with van der Waals surface area (Å²) in [5, 5.41) is 7.24. The van der Waals surface area contributed by atoms with Gasteiger partial charge < -0.3 is 14.8 Å². The Kier molecular flexibility index (Phi) is 7.87. The van der Waals surface area contributed by atoms with Gasteiger partial charge in [0.25, 0.3) is 0 Å². The molecule has 1 aromatic heterocycles. The second-order valence-electron chi connectivity index (χ2n) is 7.37. The van der Waals surface area contributed by atoms with E-state index in [-0.39, 0.29) is 5.91 Å². The fourth-order valence-electron chi connectivity index (χ4n) is 3.15. The summed E-state index contributed by atoms with van der Waals surface area (Å²) in [4.78, 5) is 12.1. The Morgan fingerprint density at radius 2 is 2.03 bits per heavy atom. The van der Waals surface area contributed by atoms with E-state index in [1.165, 1.54) is 0 Å². The van der Waals surface area contributed by atoms with Gasteiger partial charge in [0, 0.05) is 30.9 Å². The van der Waals surface area contributed by atoms with Crippen molar-refractivity contribution in [3.63, 3.8) is 0 Å². The third-order valence-corrected chi connectivity index (χ3v) is 4.75. The molecule has 0 saturated heterocycles. The molecule has 0 spiro atoms. The van der Waals surface area contributed by atoms with Gasteiger partial charge in [0.05, 0.1) is 12.8 Å². The number of carbonyl (C=O) groups is 1. The molecule has 0 saturated carbocycles. The first kappa shape index (κ1) is 22.2. The van der Waals surface area contributed by atoms with Crippen LogP contribution in [0.3, 0.4) is 0 Å². The van der Waals surface area contributed by atoms with E-state index < -0.39 is 0 Å². The van der Waals surface area contributed by atoms with Gasteiger partial charge in [-0.2, -0.15) is 5.10 Å². The van der Waals surface area contributed by atoms with Crippen molar-refractivity contribution in [3.8, 4) is 11.5 Å². The lowest BCUT2D eigenvalue weighted by Crippen LogP contribution is -2.23. The van der Waals surface area contributed by atoms with Crippen LogP contribution in [-0.4, -0.2) is 29.3 Å². The zero-order chi connectivity index (χ0) is 22.1. The number of hydrogen-bond acceptors (Lipinski definition) is 4. The van der Waals surface area contributed by atoms with Crippen molar-refractivity contribution in [1.82, 2.24) is 15.1 Å². The lowest BCUT2D eigenvalue weighted by molar-refractivity contribution is -0.116. The van der Waals surface area contributed by atoms with Gasteiger partial charge in [-0.25, -0.2) is 0 Å². The van der Waals surface area contributed by atoms with Crippen LogP contribution in [0.15, 0.2) is 60.8 Å². The first-order chi connectivity index (χ1) is 15.0. The molecule has 0 aliphatic heterocycles. The average Bonchev–Trinajstić information content (AvgIpc) is 3.19. The van der Waals surface area contributed by atoms with Gasteiger partial charge in [-0.05, 0) is 67.8 Å². The van der Waals surface area contributed by atoms with Crippen LogP contribution in [0.4, 0.5) is 0 Å². The van der Waals surface area contributed by atoms with Crippen molar-refractivity contribution in [2.24, 2.45) is 0 Å². The van der Waals surface area contributed by atoms with E-state index in [1.54, 1.807) is 19.3 Å². The molecule has 1 N–H and O–H groups in total.